The highest BCUT2D eigenvalue weighted by Gasteiger charge is 2.51. The number of aryl methyl sites for hydroxylation is 1. The van der Waals surface area contributed by atoms with Crippen molar-refractivity contribution in [3.05, 3.63) is 89.4 Å². The highest BCUT2D eigenvalue weighted by Crippen LogP contribution is 2.48. The molecular weight excluding hydrogens is 416 g/mol. The van der Waals surface area contributed by atoms with Crippen LogP contribution in [-0.2, 0) is 16.6 Å². The number of methoxy groups -OCH3 is 1. The highest BCUT2D eigenvalue weighted by molar-refractivity contribution is 5.85. The first kappa shape index (κ1) is 20.9. The molecule has 33 heavy (non-hydrogen) atoms. The Bertz CT molecular complexity index is 1300. The molecule has 0 unspecified atom stereocenters. The lowest BCUT2D eigenvalue weighted by Gasteiger charge is -2.11. The quantitative estimate of drug-likeness (QED) is 0.413. The third kappa shape index (κ3) is 3.89. The second-order valence-corrected chi connectivity index (χ2v) is 8.53. The number of rotatable bonds is 7. The van der Waals surface area contributed by atoms with Gasteiger partial charge in [-0.3, -0.25) is 9.78 Å². The molecular formula is C27H24N2O4. The van der Waals surface area contributed by atoms with Gasteiger partial charge in [0, 0.05) is 23.7 Å². The number of carbonyl (C=O) groups is 1. The highest BCUT2D eigenvalue weighted by atomic mass is 16.5. The molecule has 0 atom stereocenters. The van der Waals surface area contributed by atoms with Crippen molar-refractivity contribution >= 4 is 5.97 Å². The maximum Gasteiger partial charge on any atom is 0.314 e. The molecule has 0 radical (unpaired) electrons. The lowest BCUT2D eigenvalue weighted by molar-refractivity contribution is -0.140. The third-order valence-electron chi connectivity index (χ3n) is 6.45. The van der Waals surface area contributed by atoms with Gasteiger partial charge in [-0.1, -0.05) is 53.7 Å². The minimum absolute atomic E-state index is 0.642. The summed E-state index contributed by atoms with van der Waals surface area (Å²) in [6.45, 7) is 1.94. The smallest absolute Gasteiger partial charge is 0.314 e. The van der Waals surface area contributed by atoms with Gasteiger partial charge in [-0.15, -0.1) is 0 Å². The summed E-state index contributed by atoms with van der Waals surface area (Å²) < 4.78 is 11.0. The molecule has 0 spiro atoms. The Morgan fingerprint density at radius 3 is 2.27 bits per heavy atom. The number of nitrogens with zero attached hydrogens (tertiary/aromatic N) is 2. The van der Waals surface area contributed by atoms with Crippen LogP contribution in [0.5, 0.6) is 5.75 Å². The van der Waals surface area contributed by atoms with Crippen LogP contribution in [0.2, 0.25) is 0 Å². The number of carboxylic acid groups (broad SMARTS) is 1. The second kappa shape index (κ2) is 8.20. The zero-order valence-electron chi connectivity index (χ0n) is 18.5. The van der Waals surface area contributed by atoms with Crippen LogP contribution in [0, 0.1) is 6.92 Å². The van der Waals surface area contributed by atoms with Crippen LogP contribution in [0.1, 0.15) is 35.2 Å². The van der Waals surface area contributed by atoms with E-state index in [0.717, 1.165) is 50.6 Å². The van der Waals surface area contributed by atoms with Crippen molar-refractivity contribution < 1.29 is 19.2 Å². The van der Waals surface area contributed by atoms with E-state index in [4.69, 9.17) is 9.26 Å². The van der Waals surface area contributed by atoms with Crippen LogP contribution in [0.15, 0.2) is 71.5 Å². The van der Waals surface area contributed by atoms with Gasteiger partial charge in [0.1, 0.15) is 5.75 Å². The summed E-state index contributed by atoms with van der Waals surface area (Å²) in [5.74, 6) is 0.728. The van der Waals surface area contributed by atoms with Crippen molar-refractivity contribution in [3.63, 3.8) is 0 Å². The largest absolute Gasteiger partial charge is 0.495 e. The van der Waals surface area contributed by atoms with Gasteiger partial charge in [-0.05, 0) is 48.1 Å². The van der Waals surface area contributed by atoms with Gasteiger partial charge in [-0.25, -0.2) is 0 Å². The fourth-order valence-electron chi connectivity index (χ4n) is 4.25. The van der Waals surface area contributed by atoms with E-state index in [1.807, 2.05) is 67.7 Å². The Morgan fingerprint density at radius 2 is 1.67 bits per heavy atom. The maximum atomic E-state index is 11.6. The van der Waals surface area contributed by atoms with Crippen molar-refractivity contribution in [2.45, 2.75) is 31.6 Å². The summed E-state index contributed by atoms with van der Waals surface area (Å²) in [6.07, 6.45) is 5.57. The second-order valence-electron chi connectivity index (χ2n) is 8.53. The van der Waals surface area contributed by atoms with Gasteiger partial charge in [0.2, 0.25) is 0 Å². The molecule has 166 valence electrons. The number of pyridine rings is 1. The molecule has 5 rings (SSSR count). The molecule has 1 aliphatic rings. The monoisotopic (exact) mass is 440 g/mol. The molecule has 6 nitrogen and oxygen atoms in total. The fourth-order valence-corrected chi connectivity index (χ4v) is 4.25. The van der Waals surface area contributed by atoms with Gasteiger partial charge >= 0.3 is 5.97 Å². The zero-order chi connectivity index (χ0) is 23.0. The summed E-state index contributed by atoms with van der Waals surface area (Å²) in [5.41, 5.74) is 6.14. The summed E-state index contributed by atoms with van der Waals surface area (Å²) >= 11 is 0. The molecule has 0 saturated heterocycles. The number of hydrogen-bond donors (Lipinski definition) is 1. The van der Waals surface area contributed by atoms with Crippen LogP contribution in [0.4, 0.5) is 0 Å². The van der Waals surface area contributed by atoms with E-state index in [9.17, 15) is 9.90 Å². The molecule has 0 aliphatic heterocycles. The molecule has 2 aromatic heterocycles. The first-order valence-corrected chi connectivity index (χ1v) is 10.9. The molecule has 1 N–H and O–H groups in total. The van der Waals surface area contributed by atoms with Gasteiger partial charge in [0.25, 0.3) is 0 Å². The van der Waals surface area contributed by atoms with Crippen molar-refractivity contribution in [1.29, 1.82) is 0 Å². The van der Waals surface area contributed by atoms with E-state index in [1.54, 1.807) is 13.3 Å². The van der Waals surface area contributed by atoms with Crippen molar-refractivity contribution in [2.75, 3.05) is 7.11 Å². The predicted octanol–water partition coefficient (Wildman–Crippen LogP) is 5.43. The van der Waals surface area contributed by atoms with Crippen molar-refractivity contribution in [1.82, 2.24) is 10.1 Å². The molecule has 1 saturated carbocycles. The molecule has 1 aliphatic carbocycles. The van der Waals surface area contributed by atoms with Crippen molar-refractivity contribution in [3.8, 4) is 28.2 Å². The van der Waals surface area contributed by atoms with Crippen LogP contribution in [-0.4, -0.2) is 28.3 Å². The van der Waals surface area contributed by atoms with Crippen molar-refractivity contribution in [2.24, 2.45) is 0 Å². The molecule has 0 amide bonds. The van der Waals surface area contributed by atoms with E-state index in [0.29, 0.717) is 19.3 Å². The average molecular weight is 440 g/mol. The molecule has 2 aromatic carbocycles. The first-order valence-electron chi connectivity index (χ1n) is 10.9. The summed E-state index contributed by atoms with van der Waals surface area (Å²) in [5, 5.41) is 13.7. The zero-order valence-corrected chi connectivity index (χ0v) is 18.5. The first-order chi connectivity index (χ1) is 16.0. The van der Waals surface area contributed by atoms with Gasteiger partial charge < -0.3 is 14.4 Å². The Balaban J connectivity index is 1.39. The lowest BCUT2D eigenvalue weighted by atomic mass is 9.93. The Kier molecular flexibility index (Phi) is 5.21. The number of aromatic nitrogens is 2. The molecule has 1 fully saturated rings. The average Bonchev–Trinajstić information content (AvgIpc) is 3.59. The predicted molar refractivity (Wildman–Crippen MR) is 124 cm³/mol. The Labute approximate surface area is 191 Å². The number of aliphatic carboxylic acids is 1. The minimum atomic E-state index is -0.734. The topological polar surface area (TPSA) is 85.5 Å². The molecule has 0 bridgehead atoms. The summed E-state index contributed by atoms with van der Waals surface area (Å²) in [4.78, 5) is 15.8. The number of carboxylic acids is 1. The van der Waals surface area contributed by atoms with E-state index in [-0.39, 0.29) is 0 Å². The Morgan fingerprint density at radius 1 is 1.03 bits per heavy atom. The van der Waals surface area contributed by atoms with Crippen LogP contribution in [0.3, 0.4) is 0 Å². The number of benzene rings is 2. The maximum absolute atomic E-state index is 11.6. The Hall–Kier alpha value is -3.93. The number of ether oxygens (including phenoxy) is 1. The standard InChI is InChI=1S/C27H24N2O4/c1-17-24(14-18-13-23(32-2)16-28-15-18)25(33-29-17)21-5-3-19(4-6-21)20-7-9-22(10-8-20)27(11-12-27)26(30)31/h3-10,13,15-16H,11-12,14H2,1-2H3,(H,30,31). The number of hydrogen-bond acceptors (Lipinski definition) is 5. The van der Waals surface area contributed by atoms with Gasteiger partial charge in [-0.2, -0.15) is 0 Å². The SMILES string of the molecule is COc1cncc(Cc2c(C)noc2-c2ccc(-c3ccc(C4(C(=O)O)CC4)cc3)cc2)c1. The fraction of sp³-hybridized carbons (Fsp3) is 0.222. The minimum Gasteiger partial charge on any atom is -0.495 e. The van der Waals surface area contributed by atoms with E-state index < -0.39 is 11.4 Å². The summed E-state index contributed by atoms with van der Waals surface area (Å²) in [6, 6.07) is 18.0. The molecule has 4 aromatic rings. The van der Waals surface area contributed by atoms with E-state index in [2.05, 4.69) is 10.1 Å². The third-order valence-corrected chi connectivity index (χ3v) is 6.45. The van der Waals surface area contributed by atoms with Gasteiger partial charge in [0.15, 0.2) is 5.76 Å². The molecule has 6 heteroatoms. The normalized spacial score (nSPS) is 14.1. The van der Waals surface area contributed by atoms with E-state index >= 15 is 0 Å². The van der Waals surface area contributed by atoms with Crippen LogP contribution < -0.4 is 4.74 Å². The van der Waals surface area contributed by atoms with Crippen LogP contribution in [0.25, 0.3) is 22.5 Å². The summed E-state index contributed by atoms with van der Waals surface area (Å²) in [7, 11) is 1.63. The van der Waals surface area contributed by atoms with Crippen LogP contribution >= 0.6 is 0 Å². The van der Waals surface area contributed by atoms with Gasteiger partial charge in [0.05, 0.1) is 24.4 Å². The molecule has 2 heterocycles. The van der Waals surface area contributed by atoms with E-state index in [1.165, 1.54) is 0 Å². The lowest BCUT2D eigenvalue weighted by Crippen LogP contribution is -2.19.